The van der Waals surface area contributed by atoms with Gasteiger partial charge < -0.3 is 4.42 Å². The second kappa shape index (κ2) is 13.1. The Bertz CT molecular complexity index is 3310. The Balaban J connectivity index is 1.52. The van der Waals surface area contributed by atoms with Crippen molar-refractivity contribution in [1.29, 1.82) is 0 Å². The summed E-state index contributed by atoms with van der Waals surface area (Å²) in [7, 11) is 106. The van der Waals surface area contributed by atoms with E-state index in [0.717, 1.165) is 0 Å². The summed E-state index contributed by atoms with van der Waals surface area (Å²) in [6.45, 7) is 0. The first-order chi connectivity index (χ1) is 27.0. The number of hydrogen-bond donors (Lipinski definition) is 0. The average molecular weight is 677 g/mol. The molecule has 9 aromatic rings. The summed E-state index contributed by atoms with van der Waals surface area (Å²) in [5.74, 6) is 0. The van der Waals surface area contributed by atoms with E-state index < -0.39 is 0 Å². The first-order valence-corrected chi connectivity index (χ1v) is 17.4. The lowest BCUT2D eigenvalue weighted by atomic mass is 9.58. The predicted octanol–water partition coefficient (Wildman–Crippen LogP) is -7.77. The van der Waals surface area contributed by atoms with Crippen LogP contribution in [0.5, 0.6) is 0 Å². The summed E-state index contributed by atoms with van der Waals surface area (Å²) in [5.41, 5.74) is 4.11. The smallest absolute Gasteiger partial charge is 0.128 e. The summed E-state index contributed by atoms with van der Waals surface area (Å²) in [6.07, 6.45) is 0. The molecule has 222 valence electrons. The Kier molecular flexibility index (Phi) is 8.76. The third-order valence-corrected chi connectivity index (χ3v) is 11.4. The van der Waals surface area contributed by atoms with Gasteiger partial charge in [0.2, 0.25) is 0 Å². The van der Waals surface area contributed by atoms with Crippen LogP contribution in [-0.4, -0.2) is 126 Å². The SMILES string of the molecule is [B]c1c([B])c([B])c2c(oc3c([B])c(-c4c5ccccc5c(-c5c([B])c6c([B])c([B])c([B])c([B])c6c6c([B])c([B])c([B])c([B])c56)c5ccccc45)c([B])c([B])c32)c1[B]. The lowest BCUT2D eigenvalue weighted by molar-refractivity contribution is 0.675. The summed E-state index contributed by atoms with van der Waals surface area (Å²) in [6, 6.07) is 15.2. The van der Waals surface area contributed by atoms with E-state index in [-0.39, 0.29) is 98.6 Å². The Hall–Kier alpha value is -4.36. The van der Waals surface area contributed by atoms with Crippen molar-refractivity contribution in [3.05, 3.63) is 48.5 Å². The molecule has 17 heteroatoms. The standard InChI is InChI=1S/C40H8B16O/c41-23-15(16-17(25(43)33(51)32(50)24(16)42)18-20(23)28(46)35(53)34(52)26(18)44)13-9-5-1-3-7-11(9)14(12-8-4-2-6-10(12)13)19-27(45)29(47)21-22-30(48)36(54)37(55)38(56)40(22)57-39(21)31(19)49/h1-8H. The van der Waals surface area contributed by atoms with Gasteiger partial charge in [-0.3, -0.25) is 0 Å². The van der Waals surface area contributed by atoms with Crippen molar-refractivity contribution < 1.29 is 4.42 Å². The summed E-state index contributed by atoms with van der Waals surface area (Å²) < 4.78 is 6.33. The molecule has 0 atom stereocenters. The number of rotatable bonds is 2. The number of furan rings is 1. The largest absolute Gasteiger partial charge is 0.457 e. The number of fused-ring (bicyclic) bond motifs is 8. The number of hydrogen-bond acceptors (Lipinski definition) is 1. The Morgan fingerprint density at radius 3 is 1.00 bits per heavy atom. The normalized spacial score (nSPS) is 11.9. The van der Waals surface area contributed by atoms with Gasteiger partial charge in [0.15, 0.2) is 0 Å². The van der Waals surface area contributed by atoms with Crippen molar-refractivity contribution in [3.63, 3.8) is 0 Å². The van der Waals surface area contributed by atoms with Crippen LogP contribution in [0.25, 0.3) is 87.3 Å². The zero-order valence-electron chi connectivity index (χ0n) is 30.3. The molecule has 0 spiro atoms. The van der Waals surface area contributed by atoms with Gasteiger partial charge in [0.1, 0.15) is 137 Å². The van der Waals surface area contributed by atoms with Crippen LogP contribution in [0.3, 0.4) is 0 Å². The summed E-state index contributed by atoms with van der Waals surface area (Å²) in [5, 5.41) is 4.84. The molecule has 1 aromatic heterocycles. The van der Waals surface area contributed by atoms with Gasteiger partial charge in [0.05, 0.1) is 0 Å². The maximum Gasteiger partial charge on any atom is 0.128 e. The highest BCUT2D eigenvalue weighted by molar-refractivity contribution is 6.74. The van der Waals surface area contributed by atoms with E-state index in [1.165, 1.54) is 0 Å². The third kappa shape index (κ3) is 4.87. The zero-order chi connectivity index (χ0) is 40.8. The van der Waals surface area contributed by atoms with Crippen molar-refractivity contribution in [2.75, 3.05) is 0 Å². The van der Waals surface area contributed by atoms with E-state index in [0.29, 0.717) is 76.1 Å². The first-order valence-electron chi connectivity index (χ1n) is 17.4. The van der Waals surface area contributed by atoms with Crippen LogP contribution in [0, 0.1) is 0 Å². The molecule has 0 aliphatic rings. The maximum absolute atomic E-state index is 7.25. The van der Waals surface area contributed by atoms with Crippen LogP contribution in [0.2, 0.25) is 0 Å². The van der Waals surface area contributed by atoms with Crippen molar-refractivity contribution in [2.24, 2.45) is 0 Å². The maximum atomic E-state index is 7.25. The van der Waals surface area contributed by atoms with Crippen LogP contribution >= 0.6 is 0 Å². The molecule has 0 amide bonds. The molecular weight excluding hydrogens is 669 g/mol. The van der Waals surface area contributed by atoms with Gasteiger partial charge in [0, 0.05) is 10.8 Å². The number of benzene rings is 8. The minimum absolute atomic E-state index is 0.0499. The predicted molar refractivity (Wildman–Crippen MR) is 261 cm³/mol. The van der Waals surface area contributed by atoms with Gasteiger partial charge in [0.25, 0.3) is 0 Å². The van der Waals surface area contributed by atoms with Crippen LogP contribution in [0.15, 0.2) is 52.9 Å². The van der Waals surface area contributed by atoms with E-state index in [4.69, 9.17) is 130 Å². The molecule has 9 rings (SSSR count). The Morgan fingerprint density at radius 1 is 0.228 bits per heavy atom. The molecule has 0 N–H and O–H groups in total. The zero-order valence-corrected chi connectivity index (χ0v) is 30.3. The van der Waals surface area contributed by atoms with Gasteiger partial charge in [-0.15, -0.1) is 32.8 Å². The fourth-order valence-corrected chi connectivity index (χ4v) is 8.57. The van der Waals surface area contributed by atoms with Gasteiger partial charge in [-0.1, -0.05) is 97.7 Å². The highest BCUT2D eigenvalue weighted by atomic mass is 16.3. The minimum Gasteiger partial charge on any atom is -0.457 e. The molecular formula is C40H8B16O. The van der Waals surface area contributed by atoms with E-state index >= 15 is 0 Å². The molecule has 57 heavy (non-hydrogen) atoms. The van der Waals surface area contributed by atoms with Crippen LogP contribution in [0.1, 0.15) is 0 Å². The molecule has 0 bridgehead atoms. The molecule has 0 saturated carbocycles. The Labute approximate surface area is 351 Å². The molecule has 0 fully saturated rings. The van der Waals surface area contributed by atoms with Crippen LogP contribution in [-0.2, 0) is 0 Å². The van der Waals surface area contributed by atoms with Crippen molar-refractivity contribution in [2.45, 2.75) is 0 Å². The monoisotopic (exact) mass is 680 g/mol. The van der Waals surface area contributed by atoms with E-state index in [1.54, 1.807) is 0 Å². The highest BCUT2D eigenvalue weighted by Crippen LogP contribution is 2.44. The van der Waals surface area contributed by atoms with Crippen molar-refractivity contribution >= 4 is 278 Å². The van der Waals surface area contributed by atoms with Gasteiger partial charge >= 0.3 is 0 Å². The van der Waals surface area contributed by atoms with Gasteiger partial charge in [-0.05, 0) is 70.8 Å². The van der Waals surface area contributed by atoms with E-state index in [1.807, 2.05) is 48.5 Å². The van der Waals surface area contributed by atoms with Crippen molar-refractivity contribution in [3.8, 4) is 22.3 Å². The van der Waals surface area contributed by atoms with Crippen LogP contribution in [0.4, 0.5) is 0 Å². The molecule has 1 heterocycles. The van der Waals surface area contributed by atoms with Crippen LogP contribution < -0.4 is 87.4 Å². The van der Waals surface area contributed by atoms with Crippen molar-refractivity contribution in [1.82, 2.24) is 0 Å². The fourth-order valence-electron chi connectivity index (χ4n) is 8.57. The summed E-state index contributed by atoms with van der Waals surface area (Å²) in [4.78, 5) is 0. The van der Waals surface area contributed by atoms with E-state index in [9.17, 15) is 0 Å². The second-order valence-corrected chi connectivity index (χ2v) is 14.2. The van der Waals surface area contributed by atoms with E-state index in [2.05, 4.69) is 0 Å². The lowest BCUT2D eigenvalue weighted by Gasteiger charge is -2.29. The quantitative estimate of drug-likeness (QED) is 0.101. The highest BCUT2D eigenvalue weighted by Gasteiger charge is 2.28. The van der Waals surface area contributed by atoms with Gasteiger partial charge in [-0.2, -0.15) is 0 Å². The lowest BCUT2D eigenvalue weighted by Crippen LogP contribution is -2.51. The average Bonchev–Trinajstić information content (AvgIpc) is 3.62. The third-order valence-electron chi connectivity index (χ3n) is 11.4. The molecule has 0 unspecified atom stereocenters. The molecule has 0 saturated heterocycles. The second-order valence-electron chi connectivity index (χ2n) is 14.2. The molecule has 0 aliphatic heterocycles. The minimum atomic E-state index is 0.0499. The molecule has 1 nitrogen and oxygen atoms in total. The summed E-state index contributed by atoms with van der Waals surface area (Å²) >= 11 is 0. The first kappa shape index (κ1) is 38.2. The molecule has 8 aromatic carbocycles. The molecule has 0 aliphatic carbocycles. The Morgan fingerprint density at radius 2 is 0.544 bits per heavy atom. The molecule has 32 radical (unpaired) electrons. The fraction of sp³-hybridized carbons (Fsp3) is 0. The van der Waals surface area contributed by atoms with Gasteiger partial charge in [-0.25, -0.2) is 0 Å². The topological polar surface area (TPSA) is 13.1 Å².